The maximum absolute atomic E-state index is 15.1. The molecular formula is C42H27O2PS. The zero-order chi connectivity index (χ0) is 30.7. The topological polar surface area (TPSA) is 30.2 Å². The molecule has 0 unspecified atom stereocenters. The third-order valence-corrected chi connectivity index (χ3v) is 13.2. The maximum Gasteiger partial charge on any atom is 0.171 e. The van der Waals surface area contributed by atoms with E-state index in [4.69, 9.17) is 4.42 Å². The van der Waals surface area contributed by atoms with Gasteiger partial charge in [-0.2, -0.15) is 0 Å². The minimum Gasteiger partial charge on any atom is -0.456 e. The van der Waals surface area contributed by atoms with Crippen molar-refractivity contribution in [3.63, 3.8) is 0 Å². The van der Waals surface area contributed by atoms with Gasteiger partial charge in [0.2, 0.25) is 0 Å². The molecule has 9 aromatic rings. The molecule has 2 heterocycles. The molecule has 46 heavy (non-hydrogen) atoms. The van der Waals surface area contributed by atoms with E-state index in [1.165, 1.54) is 31.3 Å². The quantitative estimate of drug-likeness (QED) is 0.178. The van der Waals surface area contributed by atoms with Crippen molar-refractivity contribution >= 4 is 76.5 Å². The fourth-order valence-electron chi connectivity index (χ4n) is 6.70. The maximum atomic E-state index is 15.1. The van der Waals surface area contributed by atoms with E-state index >= 15 is 4.57 Å². The van der Waals surface area contributed by atoms with E-state index in [9.17, 15) is 0 Å². The fraction of sp³-hybridized carbons (Fsp3) is 0. The SMILES string of the molecule is O=P(c1ccccc1)(c1ccccc1)c1cccc(-c2ccc3oc4ccc(-c5cccc6c5sc5ccccc56)cc4c3c2)c1. The molecule has 218 valence electrons. The molecule has 0 bridgehead atoms. The monoisotopic (exact) mass is 626 g/mol. The number of benzene rings is 7. The smallest absolute Gasteiger partial charge is 0.171 e. The Kier molecular flexibility index (Phi) is 6.31. The third-order valence-electron chi connectivity index (χ3n) is 8.97. The van der Waals surface area contributed by atoms with Crippen molar-refractivity contribution in [1.29, 1.82) is 0 Å². The van der Waals surface area contributed by atoms with Crippen LogP contribution in [0.1, 0.15) is 0 Å². The summed E-state index contributed by atoms with van der Waals surface area (Å²) in [5, 5.41) is 7.22. The summed E-state index contributed by atoms with van der Waals surface area (Å²) in [4.78, 5) is 0. The molecule has 9 rings (SSSR count). The standard InChI is InChI=1S/C42H27O2PS/c43-45(31-12-3-1-4-13-31,32-14-5-2-6-15-32)33-16-9-11-28(25-33)29-21-23-39-37(26-29)38-27-30(22-24-40(38)44-39)34-18-10-19-36-35-17-7-8-20-41(35)46-42(34)36/h1-27H. The van der Waals surface area contributed by atoms with Crippen LogP contribution in [-0.2, 0) is 4.57 Å². The molecule has 2 aromatic heterocycles. The first-order chi connectivity index (χ1) is 22.7. The van der Waals surface area contributed by atoms with Crippen LogP contribution in [0, 0.1) is 0 Å². The van der Waals surface area contributed by atoms with Gasteiger partial charge < -0.3 is 8.98 Å². The van der Waals surface area contributed by atoms with E-state index in [2.05, 4.69) is 91.0 Å². The molecule has 0 N–H and O–H groups in total. The molecule has 2 nitrogen and oxygen atoms in total. The number of thiophene rings is 1. The van der Waals surface area contributed by atoms with Gasteiger partial charge in [-0.25, -0.2) is 0 Å². The lowest BCUT2D eigenvalue weighted by Crippen LogP contribution is -2.25. The van der Waals surface area contributed by atoms with Gasteiger partial charge in [0.05, 0.1) is 0 Å². The first kappa shape index (κ1) is 27.1. The summed E-state index contributed by atoms with van der Waals surface area (Å²) < 4.78 is 24.0. The second-order valence-corrected chi connectivity index (χ2v) is 15.5. The van der Waals surface area contributed by atoms with Crippen molar-refractivity contribution in [2.75, 3.05) is 0 Å². The third kappa shape index (κ3) is 4.28. The van der Waals surface area contributed by atoms with E-state index in [1.807, 2.05) is 84.1 Å². The summed E-state index contributed by atoms with van der Waals surface area (Å²) >= 11 is 1.85. The predicted molar refractivity (Wildman–Crippen MR) is 197 cm³/mol. The lowest BCUT2D eigenvalue weighted by molar-refractivity contribution is 0.592. The van der Waals surface area contributed by atoms with Gasteiger partial charge in [0.15, 0.2) is 7.14 Å². The van der Waals surface area contributed by atoms with Crippen LogP contribution in [0.25, 0.3) is 64.4 Å². The number of fused-ring (bicyclic) bond motifs is 6. The largest absolute Gasteiger partial charge is 0.456 e. The summed E-state index contributed by atoms with van der Waals surface area (Å²) in [5.41, 5.74) is 6.20. The van der Waals surface area contributed by atoms with Crippen molar-refractivity contribution in [1.82, 2.24) is 0 Å². The van der Waals surface area contributed by atoms with Gasteiger partial charge >= 0.3 is 0 Å². The fourth-order valence-corrected chi connectivity index (χ4v) is 10.6. The molecule has 0 aliphatic carbocycles. The first-order valence-electron chi connectivity index (χ1n) is 15.4. The zero-order valence-electron chi connectivity index (χ0n) is 24.8. The highest BCUT2D eigenvalue weighted by molar-refractivity contribution is 7.85. The number of rotatable bonds is 5. The molecule has 0 saturated carbocycles. The molecule has 0 amide bonds. The highest BCUT2D eigenvalue weighted by Crippen LogP contribution is 2.44. The van der Waals surface area contributed by atoms with Crippen LogP contribution in [0.4, 0.5) is 0 Å². The van der Waals surface area contributed by atoms with E-state index < -0.39 is 7.14 Å². The lowest BCUT2D eigenvalue weighted by Gasteiger charge is -2.20. The molecule has 0 fully saturated rings. The van der Waals surface area contributed by atoms with Crippen molar-refractivity contribution in [3.8, 4) is 22.3 Å². The molecule has 7 aromatic carbocycles. The Morgan fingerprint density at radius 3 is 1.74 bits per heavy atom. The molecule has 0 atom stereocenters. The highest BCUT2D eigenvalue weighted by Gasteiger charge is 2.29. The first-order valence-corrected chi connectivity index (χ1v) is 17.9. The van der Waals surface area contributed by atoms with E-state index in [0.717, 1.165) is 49.0 Å². The van der Waals surface area contributed by atoms with Gasteiger partial charge in [-0.3, -0.25) is 0 Å². The molecule has 0 saturated heterocycles. The summed E-state index contributed by atoms with van der Waals surface area (Å²) in [6.45, 7) is 0. The second-order valence-electron chi connectivity index (χ2n) is 11.6. The lowest BCUT2D eigenvalue weighted by atomic mass is 9.99. The molecule has 0 aliphatic heterocycles. The molecule has 0 radical (unpaired) electrons. The van der Waals surface area contributed by atoms with Crippen LogP contribution in [0.3, 0.4) is 0 Å². The average molecular weight is 627 g/mol. The summed E-state index contributed by atoms with van der Waals surface area (Å²) in [5.74, 6) is 0. The molecule has 0 spiro atoms. The molecular weight excluding hydrogens is 600 g/mol. The average Bonchev–Trinajstić information content (AvgIpc) is 3.70. The van der Waals surface area contributed by atoms with Crippen LogP contribution in [0.15, 0.2) is 168 Å². The Balaban J connectivity index is 1.18. The predicted octanol–water partition coefficient (Wildman–Crippen LogP) is 10.9. The Morgan fingerprint density at radius 1 is 0.435 bits per heavy atom. The van der Waals surface area contributed by atoms with E-state index in [-0.39, 0.29) is 0 Å². The van der Waals surface area contributed by atoms with Crippen LogP contribution in [0.2, 0.25) is 0 Å². The van der Waals surface area contributed by atoms with Gasteiger partial charge in [0, 0.05) is 46.9 Å². The summed E-state index contributed by atoms with van der Waals surface area (Å²) in [6.07, 6.45) is 0. The second kappa shape index (κ2) is 10.7. The number of hydrogen-bond donors (Lipinski definition) is 0. The normalized spacial score (nSPS) is 12.0. The minimum atomic E-state index is -3.09. The van der Waals surface area contributed by atoms with Gasteiger partial charge in [-0.15, -0.1) is 11.3 Å². The van der Waals surface area contributed by atoms with Crippen LogP contribution >= 0.6 is 18.5 Å². The Hall–Kier alpha value is -5.21. The van der Waals surface area contributed by atoms with Crippen LogP contribution in [0.5, 0.6) is 0 Å². The summed E-state index contributed by atoms with van der Waals surface area (Å²) in [6, 6.07) is 56.0. The van der Waals surface area contributed by atoms with Crippen molar-refractivity contribution < 1.29 is 8.98 Å². The van der Waals surface area contributed by atoms with Gasteiger partial charge in [0.1, 0.15) is 11.2 Å². The zero-order valence-corrected chi connectivity index (χ0v) is 26.5. The van der Waals surface area contributed by atoms with Crippen molar-refractivity contribution in [2.45, 2.75) is 0 Å². The number of furan rings is 1. The number of hydrogen-bond acceptors (Lipinski definition) is 3. The molecule has 4 heteroatoms. The van der Waals surface area contributed by atoms with Gasteiger partial charge in [-0.1, -0.05) is 127 Å². The molecule has 0 aliphatic rings. The van der Waals surface area contributed by atoms with E-state index in [0.29, 0.717) is 0 Å². The Morgan fingerprint density at radius 2 is 1.00 bits per heavy atom. The van der Waals surface area contributed by atoms with E-state index in [1.54, 1.807) is 0 Å². The van der Waals surface area contributed by atoms with Crippen molar-refractivity contribution in [2.24, 2.45) is 0 Å². The van der Waals surface area contributed by atoms with Crippen molar-refractivity contribution in [3.05, 3.63) is 164 Å². The Bertz CT molecular complexity index is 2570. The summed E-state index contributed by atoms with van der Waals surface area (Å²) in [7, 11) is -3.09. The Labute approximate surface area is 270 Å². The van der Waals surface area contributed by atoms with Crippen LogP contribution < -0.4 is 15.9 Å². The highest BCUT2D eigenvalue weighted by atomic mass is 32.1. The van der Waals surface area contributed by atoms with Gasteiger partial charge in [0.25, 0.3) is 0 Å². The van der Waals surface area contributed by atoms with Crippen LogP contribution in [-0.4, -0.2) is 0 Å². The minimum absolute atomic E-state index is 0.818. The van der Waals surface area contributed by atoms with Gasteiger partial charge in [-0.05, 0) is 58.7 Å².